The van der Waals surface area contributed by atoms with Crippen molar-refractivity contribution in [1.29, 1.82) is 0 Å². The van der Waals surface area contributed by atoms with Crippen LogP contribution in [0.1, 0.15) is 25.3 Å². The molecule has 0 heterocycles. The highest BCUT2D eigenvalue weighted by Crippen LogP contribution is 2.07. The first kappa shape index (κ1) is 15.2. The van der Waals surface area contributed by atoms with Crippen molar-refractivity contribution in [3.63, 3.8) is 0 Å². The summed E-state index contributed by atoms with van der Waals surface area (Å²) in [5, 5.41) is 8.59. The Bertz CT molecular complexity index is 420. The van der Waals surface area contributed by atoms with Crippen LogP contribution in [0.5, 0.6) is 0 Å². The van der Waals surface area contributed by atoms with Gasteiger partial charge in [0.05, 0.1) is 6.04 Å². The average molecular weight is 264 g/mol. The molecule has 0 bridgehead atoms. The van der Waals surface area contributed by atoms with Crippen LogP contribution in [0, 0.1) is 0 Å². The fourth-order valence-electron chi connectivity index (χ4n) is 1.79. The van der Waals surface area contributed by atoms with E-state index in [1.807, 2.05) is 37.3 Å². The van der Waals surface area contributed by atoms with Crippen LogP contribution < -0.4 is 5.73 Å². The van der Waals surface area contributed by atoms with Crippen LogP contribution in [0.15, 0.2) is 30.3 Å². The number of benzene rings is 1. The first-order valence-electron chi connectivity index (χ1n) is 6.34. The molecule has 0 aliphatic rings. The molecule has 1 rings (SSSR count). The molecule has 0 aliphatic carbocycles. The van der Waals surface area contributed by atoms with Gasteiger partial charge in [-0.1, -0.05) is 30.3 Å². The zero-order valence-electron chi connectivity index (χ0n) is 11.1. The largest absolute Gasteiger partial charge is 0.481 e. The van der Waals surface area contributed by atoms with Crippen molar-refractivity contribution in [2.75, 3.05) is 6.54 Å². The third-order valence-corrected chi connectivity index (χ3v) is 2.90. The van der Waals surface area contributed by atoms with Gasteiger partial charge in [-0.05, 0) is 18.9 Å². The summed E-state index contributed by atoms with van der Waals surface area (Å²) in [6.07, 6.45) is 0.0786. The van der Waals surface area contributed by atoms with Gasteiger partial charge in [-0.2, -0.15) is 0 Å². The van der Waals surface area contributed by atoms with E-state index in [9.17, 15) is 9.59 Å². The molecule has 0 fully saturated rings. The van der Waals surface area contributed by atoms with E-state index in [2.05, 4.69) is 0 Å². The standard InChI is InChI=1S/C14H20N2O3/c1-2-16(10-11-6-4-3-5-7-11)14(19)12(15)8-9-13(17)18/h3-7,12H,2,8-10,15H2,1H3,(H,17,18)/t12-/m0/s1. The summed E-state index contributed by atoms with van der Waals surface area (Å²) in [6.45, 7) is 2.93. The minimum atomic E-state index is -0.936. The van der Waals surface area contributed by atoms with Gasteiger partial charge in [-0.3, -0.25) is 9.59 Å². The molecular formula is C14H20N2O3. The number of carbonyl (C=O) groups excluding carboxylic acids is 1. The Morgan fingerprint density at radius 2 is 1.95 bits per heavy atom. The van der Waals surface area contributed by atoms with Crippen LogP contribution in [-0.2, 0) is 16.1 Å². The highest BCUT2D eigenvalue weighted by atomic mass is 16.4. The lowest BCUT2D eigenvalue weighted by atomic mass is 10.1. The lowest BCUT2D eigenvalue weighted by molar-refractivity contribution is -0.137. The summed E-state index contributed by atoms with van der Waals surface area (Å²) in [5.74, 6) is -1.14. The summed E-state index contributed by atoms with van der Waals surface area (Å²) in [7, 11) is 0. The Kier molecular flexibility index (Phi) is 6.02. The Morgan fingerprint density at radius 3 is 2.47 bits per heavy atom. The number of amides is 1. The molecule has 3 N–H and O–H groups in total. The summed E-state index contributed by atoms with van der Waals surface area (Å²) in [4.78, 5) is 24.2. The van der Waals surface area contributed by atoms with E-state index in [1.165, 1.54) is 0 Å². The van der Waals surface area contributed by atoms with Crippen LogP contribution in [0.4, 0.5) is 0 Å². The molecule has 0 saturated heterocycles. The van der Waals surface area contributed by atoms with Crippen molar-refractivity contribution in [2.24, 2.45) is 5.73 Å². The fraction of sp³-hybridized carbons (Fsp3) is 0.429. The second-order valence-electron chi connectivity index (χ2n) is 4.38. The zero-order chi connectivity index (χ0) is 14.3. The SMILES string of the molecule is CCN(Cc1ccccc1)C(=O)[C@@H](N)CCC(=O)O. The number of likely N-dealkylation sites (N-methyl/N-ethyl adjacent to an activating group) is 1. The number of aliphatic carboxylic acids is 1. The molecule has 1 aromatic carbocycles. The number of carbonyl (C=O) groups is 2. The molecule has 1 atom stereocenters. The van der Waals surface area contributed by atoms with Crippen molar-refractivity contribution < 1.29 is 14.7 Å². The van der Waals surface area contributed by atoms with Gasteiger partial charge in [0.15, 0.2) is 0 Å². The van der Waals surface area contributed by atoms with E-state index in [1.54, 1.807) is 4.90 Å². The molecule has 19 heavy (non-hydrogen) atoms. The molecule has 0 unspecified atom stereocenters. The highest BCUT2D eigenvalue weighted by molar-refractivity contribution is 5.82. The Hall–Kier alpha value is -1.88. The summed E-state index contributed by atoms with van der Waals surface area (Å²) >= 11 is 0. The van der Waals surface area contributed by atoms with Gasteiger partial charge in [0, 0.05) is 19.5 Å². The van der Waals surface area contributed by atoms with Crippen molar-refractivity contribution in [2.45, 2.75) is 32.4 Å². The van der Waals surface area contributed by atoms with Gasteiger partial charge in [0.25, 0.3) is 0 Å². The topological polar surface area (TPSA) is 83.6 Å². The quantitative estimate of drug-likeness (QED) is 0.775. The number of hydrogen-bond donors (Lipinski definition) is 2. The highest BCUT2D eigenvalue weighted by Gasteiger charge is 2.20. The second-order valence-corrected chi connectivity index (χ2v) is 4.38. The van der Waals surface area contributed by atoms with Gasteiger partial charge in [0.1, 0.15) is 0 Å². The maximum absolute atomic E-state index is 12.1. The molecule has 1 amide bonds. The van der Waals surface area contributed by atoms with Crippen molar-refractivity contribution in [3.05, 3.63) is 35.9 Å². The third-order valence-electron chi connectivity index (χ3n) is 2.90. The average Bonchev–Trinajstić information content (AvgIpc) is 2.42. The van der Waals surface area contributed by atoms with E-state index in [0.717, 1.165) is 5.56 Å². The molecule has 0 aliphatic heterocycles. The Morgan fingerprint density at radius 1 is 1.32 bits per heavy atom. The minimum Gasteiger partial charge on any atom is -0.481 e. The molecule has 5 nitrogen and oxygen atoms in total. The predicted octanol–water partition coefficient (Wildman–Crippen LogP) is 1.23. The maximum Gasteiger partial charge on any atom is 0.303 e. The fourth-order valence-corrected chi connectivity index (χ4v) is 1.79. The molecule has 0 aromatic heterocycles. The molecule has 104 valence electrons. The van der Waals surface area contributed by atoms with Crippen LogP contribution >= 0.6 is 0 Å². The van der Waals surface area contributed by atoms with Gasteiger partial charge in [-0.15, -0.1) is 0 Å². The number of carboxylic acids is 1. The second kappa shape index (κ2) is 7.53. The monoisotopic (exact) mass is 264 g/mol. The molecule has 0 saturated carbocycles. The molecule has 5 heteroatoms. The zero-order valence-corrected chi connectivity index (χ0v) is 11.1. The Labute approximate surface area is 113 Å². The normalized spacial score (nSPS) is 11.9. The van der Waals surface area contributed by atoms with Crippen LogP contribution in [0.2, 0.25) is 0 Å². The lowest BCUT2D eigenvalue weighted by Crippen LogP contribution is -2.43. The van der Waals surface area contributed by atoms with Crippen molar-refractivity contribution in [3.8, 4) is 0 Å². The van der Waals surface area contributed by atoms with Crippen LogP contribution in [0.3, 0.4) is 0 Å². The minimum absolute atomic E-state index is 0.0875. The van der Waals surface area contributed by atoms with Gasteiger partial charge in [-0.25, -0.2) is 0 Å². The van der Waals surface area contributed by atoms with Crippen molar-refractivity contribution in [1.82, 2.24) is 4.90 Å². The maximum atomic E-state index is 12.1. The van der Waals surface area contributed by atoms with Gasteiger partial charge < -0.3 is 15.7 Å². The molecular weight excluding hydrogens is 244 g/mol. The van der Waals surface area contributed by atoms with E-state index < -0.39 is 12.0 Å². The third kappa shape index (κ3) is 5.09. The number of rotatable bonds is 7. The number of carboxylic acid groups (broad SMARTS) is 1. The van der Waals surface area contributed by atoms with E-state index in [-0.39, 0.29) is 18.7 Å². The van der Waals surface area contributed by atoms with Crippen LogP contribution in [0.25, 0.3) is 0 Å². The number of nitrogens with two attached hydrogens (primary N) is 1. The van der Waals surface area contributed by atoms with Crippen molar-refractivity contribution >= 4 is 11.9 Å². The lowest BCUT2D eigenvalue weighted by Gasteiger charge is -2.24. The summed E-state index contributed by atoms with van der Waals surface area (Å²) < 4.78 is 0. The summed E-state index contributed by atoms with van der Waals surface area (Å²) in [5.41, 5.74) is 6.77. The van der Waals surface area contributed by atoms with Gasteiger partial charge in [0.2, 0.25) is 5.91 Å². The molecule has 0 radical (unpaired) electrons. The first-order chi connectivity index (χ1) is 9.04. The van der Waals surface area contributed by atoms with E-state index in [4.69, 9.17) is 10.8 Å². The number of hydrogen-bond acceptors (Lipinski definition) is 3. The van der Waals surface area contributed by atoms with E-state index >= 15 is 0 Å². The van der Waals surface area contributed by atoms with E-state index in [0.29, 0.717) is 13.1 Å². The Balaban J connectivity index is 2.58. The van der Waals surface area contributed by atoms with Crippen LogP contribution in [-0.4, -0.2) is 34.5 Å². The summed E-state index contributed by atoms with van der Waals surface area (Å²) in [6, 6.07) is 8.88. The van der Waals surface area contributed by atoms with Gasteiger partial charge >= 0.3 is 5.97 Å². The number of nitrogens with zero attached hydrogens (tertiary/aromatic N) is 1. The first-order valence-corrected chi connectivity index (χ1v) is 6.34. The molecule has 1 aromatic rings. The predicted molar refractivity (Wildman–Crippen MR) is 72.4 cm³/mol. The molecule has 0 spiro atoms. The smallest absolute Gasteiger partial charge is 0.303 e.